The van der Waals surface area contributed by atoms with Crippen molar-refractivity contribution in [2.75, 3.05) is 0 Å². The summed E-state index contributed by atoms with van der Waals surface area (Å²) >= 11 is 0. The van der Waals surface area contributed by atoms with Gasteiger partial charge in [0.1, 0.15) is 23.3 Å². The second-order valence-electron chi connectivity index (χ2n) is 10.8. The molecule has 4 nitrogen and oxygen atoms in total. The van der Waals surface area contributed by atoms with Crippen molar-refractivity contribution in [2.45, 2.75) is 20.8 Å². The summed E-state index contributed by atoms with van der Waals surface area (Å²) in [5.74, 6) is -2.65. The Morgan fingerprint density at radius 1 is 0.556 bits per heavy atom. The molecule has 5 aromatic carbocycles. The van der Waals surface area contributed by atoms with Crippen LogP contribution in [0.1, 0.15) is 38.9 Å². The predicted molar refractivity (Wildman–Crippen MR) is 166 cm³/mol. The molecule has 1 aliphatic carbocycles. The van der Waals surface area contributed by atoms with Gasteiger partial charge in [-0.2, -0.15) is 20.5 Å². The molecule has 5 aromatic rings. The summed E-state index contributed by atoms with van der Waals surface area (Å²) < 4.78 is 57.5. The van der Waals surface area contributed by atoms with Gasteiger partial charge in [0.2, 0.25) is 12.4 Å². The third-order valence-electron chi connectivity index (χ3n) is 8.16. The molecule has 0 heterocycles. The highest BCUT2D eigenvalue weighted by molar-refractivity contribution is 6.26. The van der Waals surface area contributed by atoms with E-state index in [9.17, 15) is 28.1 Å². The number of fused-ring (bicyclic) bond motifs is 3. The lowest BCUT2D eigenvalue weighted by Gasteiger charge is -2.13. The first kappa shape index (κ1) is 29.2. The fourth-order valence-electron chi connectivity index (χ4n) is 5.60. The van der Waals surface area contributed by atoms with E-state index in [1.807, 2.05) is 25.4 Å². The van der Waals surface area contributed by atoms with E-state index in [-0.39, 0.29) is 11.1 Å². The fourth-order valence-corrected chi connectivity index (χ4v) is 5.60. The van der Waals surface area contributed by atoms with Crippen molar-refractivity contribution < 1.29 is 17.6 Å². The van der Waals surface area contributed by atoms with Gasteiger partial charge < -0.3 is 0 Å². The molecule has 0 N–H and O–H groups in total. The number of hydrogen-bond donors (Lipinski definition) is 0. The van der Waals surface area contributed by atoms with Crippen LogP contribution in [0.15, 0.2) is 88.8 Å². The molecule has 0 bridgehead atoms. The molecule has 0 radical (unpaired) electrons. The van der Waals surface area contributed by atoms with Gasteiger partial charge in [0.25, 0.3) is 0 Å². The van der Waals surface area contributed by atoms with Gasteiger partial charge in [-0.25, -0.2) is 17.6 Å². The van der Waals surface area contributed by atoms with Crippen molar-refractivity contribution in [3.05, 3.63) is 141 Å². The summed E-state index contributed by atoms with van der Waals surface area (Å²) in [5, 5.41) is 19.1. The molecule has 0 amide bonds. The zero-order valence-electron chi connectivity index (χ0n) is 24.3. The average Bonchev–Trinajstić information content (AvgIpc) is 3.33. The van der Waals surface area contributed by atoms with Gasteiger partial charge >= 0.3 is 0 Å². The Bertz CT molecular complexity index is 2170. The second kappa shape index (κ2) is 11.3. The zero-order valence-corrected chi connectivity index (χ0v) is 24.3. The lowest BCUT2D eigenvalue weighted by atomic mass is 9.91. The first-order chi connectivity index (χ1) is 21.6. The van der Waals surface area contributed by atoms with Crippen LogP contribution in [0.4, 0.5) is 17.6 Å². The van der Waals surface area contributed by atoms with Crippen molar-refractivity contribution in [1.82, 2.24) is 0 Å². The van der Waals surface area contributed by atoms with Crippen LogP contribution in [0.5, 0.6) is 0 Å². The van der Waals surface area contributed by atoms with Crippen LogP contribution in [-0.4, -0.2) is 11.4 Å². The predicted octanol–water partition coefficient (Wildman–Crippen LogP) is 9.12. The van der Waals surface area contributed by atoms with E-state index >= 15 is 0 Å². The number of aliphatic imine (C=N–C) groups is 2. The van der Waals surface area contributed by atoms with Crippen molar-refractivity contribution in [2.24, 2.45) is 9.98 Å². The zero-order chi connectivity index (χ0) is 32.0. The quantitative estimate of drug-likeness (QED) is 0.115. The molecule has 0 aromatic heterocycles. The van der Waals surface area contributed by atoms with Crippen molar-refractivity contribution in [3.63, 3.8) is 0 Å². The second-order valence-corrected chi connectivity index (χ2v) is 10.8. The standard InChI is InChI=1S/C37H22F4N4/c1-19-4-5-22(25-13-32(38)20(2)33(39)14-25)10-29(19)36(44-17-42)24-7-9-28-30(12-24)27-8-6-23(11-31(27)37(28)45-18-43)26-15-34(40)21(3)35(41)16-26/h4-16H,1-3H3. The van der Waals surface area contributed by atoms with Gasteiger partial charge in [0, 0.05) is 33.4 Å². The third kappa shape index (κ3) is 5.07. The number of nitrogens with zero attached hydrogens (tertiary/aromatic N) is 4. The summed E-state index contributed by atoms with van der Waals surface area (Å²) in [4.78, 5) is 8.21. The van der Waals surface area contributed by atoms with E-state index in [1.165, 1.54) is 38.1 Å². The first-order valence-electron chi connectivity index (χ1n) is 13.9. The molecule has 218 valence electrons. The molecule has 45 heavy (non-hydrogen) atoms. The van der Waals surface area contributed by atoms with Crippen LogP contribution in [0.2, 0.25) is 0 Å². The molecule has 0 unspecified atom stereocenters. The Balaban J connectivity index is 1.47. The van der Waals surface area contributed by atoms with Crippen LogP contribution < -0.4 is 0 Å². The van der Waals surface area contributed by atoms with Crippen molar-refractivity contribution in [1.29, 1.82) is 10.5 Å². The molecule has 8 heteroatoms. The van der Waals surface area contributed by atoms with E-state index in [0.29, 0.717) is 55.9 Å². The van der Waals surface area contributed by atoms with Crippen LogP contribution >= 0.6 is 0 Å². The fraction of sp³-hybridized carbons (Fsp3) is 0.0811. The van der Waals surface area contributed by atoms with E-state index in [2.05, 4.69) is 9.98 Å². The SMILES string of the molecule is Cc1ccc(-c2cc(F)c(C)c(F)c2)cc1C(=NC#N)c1ccc2c(c1)-c1ccc(-c3cc(F)c(C)c(F)c3)cc1C2=NC#N. The summed E-state index contributed by atoms with van der Waals surface area (Å²) in [6.07, 6.45) is 3.72. The topological polar surface area (TPSA) is 72.3 Å². The summed E-state index contributed by atoms with van der Waals surface area (Å²) in [7, 11) is 0. The minimum absolute atomic E-state index is 0.0686. The molecule has 0 atom stereocenters. The summed E-state index contributed by atoms with van der Waals surface area (Å²) in [5.41, 5.74) is 7.13. The Morgan fingerprint density at radius 3 is 1.69 bits per heavy atom. The van der Waals surface area contributed by atoms with Gasteiger partial charge in [-0.3, -0.25) is 0 Å². The summed E-state index contributed by atoms with van der Waals surface area (Å²) in [6.45, 7) is 4.59. The minimum atomic E-state index is -0.661. The highest BCUT2D eigenvalue weighted by Gasteiger charge is 2.27. The molecule has 0 spiro atoms. The third-order valence-corrected chi connectivity index (χ3v) is 8.16. The van der Waals surface area contributed by atoms with Crippen LogP contribution in [0.3, 0.4) is 0 Å². The van der Waals surface area contributed by atoms with E-state index in [0.717, 1.165) is 16.7 Å². The molecule has 0 fully saturated rings. The number of aryl methyl sites for hydroxylation is 1. The summed E-state index contributed by atoms with van der Waals surface area (Å²) in [6, 6.07) is 21.0. The lowest BCUT2D eigenvalue weighted by molar-refractivity contribution is 0.568. The lowest BCUT2D eigenvalue weighted by Crippen LogP contribution is -2.07. The Hall–Kier alpha value is -5.86. The molecule has 0 saturated heterocycles. The smallest absolute Gasteiger partial charge is 0.206 e. The monoisotopic (exact) mass is 598 g/mol. The van der Waals surface area contributed by atoms with Crippen molar-refractivity contribution in [3.8, 4) is 45.8 Å². The Morgan fingerprint density at radius 2 is 1.11 bits per heavy atom. The van der Waals surface area contributed by atoms with Gasteiger partial charge in [-0.05, 0) is 102 Å². The Labute approximate surface area is 256 Å². The Kier molecular flexibility index (Phi) is 7.36. The van der Waals surface area contributed by atoms with Crippen molar-refractivity contribution >= 4 is 11.4 Å². The van der Waals surface area contributed by atoms with Gasteiger partial charge in [0.15, 0.2) is 0 Å². The maximum absolute atomic E-state index is 14.4. The van der Waals surface area contributed by atoms with E-state index in [4.69, 9.17) is 0 Å². The maximum Gasteiger partial charge on any atom is 0.206 e. The van der Waals surface area contributed by atoms with Gasteiger partial charge in [-0.15, -0.1) is 0 Å². The van der Waals surface area contributed by atoms with Crippen LogP contribution in [0.25, 0.3) is 33.4 Å². The van der Waals surface area contributed by atoms with Gasteiger partial charge in [-0.1, -0.05) is 36.4 Å². The molecular weight excluding hydrogens is 576 g/mol. The van der Waals surface area contributed by atoms with E-state index in [1.54, 1.807) is 48.5 Å². The molecule has 0 saturated carbocycles. The number of benzene rings is 5. The highest BCUT2D eigenvalue weighted by Crippen LogP contribution is 2.40. The minimum Gasteiger partial charge on any atom is -0.207 e. The average molecular weight is 599 g/mol. The molecular formula is C37H22F4N4. The number of halogens is 4. The van der Waals surface area contributed by atoms with E-state index < -0.39 is 23.3 Å². The van der Waals surface area contributed by atoms with Crippen LogP contribution in [-0.2, 0) is 0 Å². The normalized spacial score (nSPS) is 12.9. The molecule has 6 rings (SSSR count). The highest BCUT2D eigenvalue weighted by atomic mass is 19.1. The largest absolute Gasteiger partial charge is 0.207 e. The molecule has 0 aliphatic heterocycles. The molecule has 1 aliphatic rings. The number of nitriles is 2. The van der Waals surface area contributed by atoms with Gasteiger partial charge in [0.05, 0.1) is 11.4 Å². The maximum atomic E-state index is 14.4. The first-order valence-corrected chi connectivity index (χ1v) is 13.9. The van der Waals surface area contributed by atoms with Crippen LogP contribution in [0, 0.1) is 67.0 Å². The number of hydrogen-bond acceptors (Lipinski definition) is 4. The number of rotatable bonds is 4.